The van der Waals surface area contributed by atoms with Crippen LogP contribution in [0.2, 0.25) is 5.02 Å². The van der Waals surface area contributed by atoms with Crippen LogP contribution in [0, 0.1) is 12.8 Å². The van der Waals surface area contributed by atoms with Gasteiger partial charge in [0.05, 0.1) is 6.54 Å². The van der Waals surface area contributed by atoms with Crippen molar-refractivity contribution in [2.24, 2.45) is 5.92 Å². The van der Waals surface area contributed by atoms with E-state index in [-0.39, 0.29) is 11.9 Å². The molecule has 0 unspecified atom stereocenters. The maximum absolute atomic E-state index is 12.4. The van der Waals surface area contributed by atoms with Crippen LogP contribution in [0.3, 0.4) is 0 Å². The van der Waals surface area contributed by atoms with Gasteiger partial charge in [0.2, 0.25) is 5.91 Å². The second kappa shape index (κ2) is 8.95. The summed E-state index contributed by atoms with van der Waals surface area (Å²) in [5, 5.41) is 6.34. The summed E-state index contributed by atoms with van der Waals surface area (Å²) in [5.74, 6) is 1.90. The van der Waals surface area contributed by atoms with E-state index in [9.17, 15) is 9.59 Å². The van der Waals surface area contributed by atoms with Crippen LogP contribution in [0.1, 0.15) is 30.8 Å². The number of piperidine rings is 1. The van der Waals surface area contributed by atoms with Crippen molar-refractivity contribution in [1.82, 2.24) is 10.2 Å². The number of urea groups is 1. The summed E-state index contributed by atoms with van der Waals surface area (Å²) in [6.07, 6.45) is 2.11. The van der Waals surface area contributed by atoms with Crippen LogP contribution in [-0.4, -0.2) is 29.9 Å². The van der Waals surface area contributed by atoms with Gasteiger partial charge in [0, 0.05) is 30.2 Å². The van der Waals surface area contributed by atoms with Crippen LogP contribution in [0.5, 0.6) is 0 Å². The molecular weight excluding hydrogens is 366 g/mol. The average Bonchev–Trinajstić information content (AvgIpc) is 3.06. The molecule has 7 heteroatoms. The molecule has 27 heavy (non-hydrogen) atoms. The van der Waals surface area contributed by atoms with E-state index < -0.39 is 0 Å². The first-order valence-corrected chi connectivity index (χ1v) is 9.51. The van der Waals surface area contributed by atoms with Crippen molar-refractivity contribution in [2.75, 3.05) is 18.4 Å². The van der Waals surface area contributed by atoms with Gasteiger partial charge in [-0.2, -0.15) is 0 Å². The number of amides is 3. The van der Waals surface area contributed by atoms with E-state index in [1.54, 1.807) is 29.2 Å². The second-order valence-electron chi connectivity index (χ2n) is 6.86. The molecule has 0 saturated carbocycles. The predicted molar refractivity (Wildman–Crippen MR) is 105 cm³/mol. The number of anilines is 1. The number of rotatable bonds is 5. The highest BCUT2D eigenvalue weighted by Gasteiger charge is 2.24. The Morgan fingerprint density at radius 2 is 2.00 bits per heavy atom. The maximum atomic E-state index is 12.4. The van der Waals surface area contributed by atoms with Crippen LogP contribution in [0.25, 0.3) is 0 Å². The number of nitrogens with one attached hydrogen (secondary N) is 2. The minimum atomic E-state index is -0.131. The fourth-order valence-electron chi connectivity index (χ4n) is 3.21. The third-order valence-corrected chi connectivity index (χ3v) is 4.94. The van der Waals surface area contributed by atoms with Gasteiger partial charge < -0.3 is 20.0 Å². The van der Waals surface area contributed by atoms with Crippen LogP contribution >= 0.6 is 11.6 Å². The lowest BCUT2D eigenvalue weighted by Gasteiger charge is -2.31. The van der Waals surface area contributed by atoms with Crippen LogP contribution < -0.4 is 10.6 Å². The molecule has 2 N–H and O–H groups in total. The number of hydrogen-bond donors (Lipinski definition) is 2. The van der Waals surface area contributed by atoms with Gasteiger partial charge in [0.1, 0.15) is 11.5 Å². The van der Waals surface area contributed by atoms with Crippen LogP contribution in [-0.2, 0) is 11.3 Å². The molecule has 1 aromatic carbocycles. The Labute approximate surface area is 163 Å². The van der Waals surface area contributed by atoms with Crippen molar-refractivity contribution in [3.8, 4) is 0 Å². The van der Waals surface area contributed by atoms with Crippen LogP contribution in [0.4, 0.5) is 10.5 Å². The molecule has 0 spiro atoms. The number of nitrogens with zero attached hydrogens (tertiary/aromatic N) is 1. The molecule has 0 atom stereocenters. The highest BCUT2D eigenvalue weighted by molar-refractivity contribution is 6.30. The molecule has 1 fully saturated rings. The number of carbonyl (C=O) groups excluding carboxylic acids is 2. The van der Waals surface area contributed by atoms with Gasteiger partial charge in [0.25, 0.3) is 0 Å². The summed E-state index contributed by atoms with van der Waals surface area (Å²) in [7, 11) is 0. The molecule has 1 saturated heterocycles. The highest BCUT2D eigenvalue weighted by Crippen LogP contribution is 2.22. The Hall–Kier alpha value is -2.47. The summed E-state index contributed by atoms with van der Waals surface area (Å²) in [6, 6.07) is 10.7. The van der Waals surface area contributed by atoms with Gasteiger partial charge in [-0.1, -0.05) is 17.7 Å². The minimum Gasteiger partial charge on any atom is -0.465 e. The molecule has 2 heterocycles. The third kappa shape index (κ3) is 5.76. The zero-order valence-corrected chi connectivity index (χ0v) is 16.1. The Morgan fingerprint density at radius 1 is 1.22 bits per heavy atom. The third-order valence-electron chi connectivity index (χ3n) is 4.71. The Bertz CT molecular complexity index is 797. The highest BCUT2D eigenvalue weighted by atomic mass is 35.5. The van der Waals surface area contributed by atoms with E-state index in [1.165, 1.54) is 0 Å². The van der Waals surface area contributed by atoms with Crippen molar-refractivity contribution in [2.45, 2.75) is 32.7 Å². The SMILES string of the molecule is Cc1ccc(CNC(=O)CC2CCN(C(=O)Nc3cccc(Cl)c3)CC2)o1. The van der Waals surface area contributed by atoms with Crippen molar-refractivity contribution in [3.05, 3.63) is 52.9 Å². The fraction of sp³-hybridized carbons (Fsp3) is 0.400. The van der Waals surface area contributed by atoms with Gasteiger partial charge >= 0.3 is 6.03 Å². The number of aryl methyl sites for hydroxylation is 1. The molecule has 3 rings (SSSR count). The Balaban J connectivity index is 1.39. The molecule has 1 aliphatic heterocycles. The normalized spacial score (nSPS) is 14.8. The van der Waals surface area contributed by atoms with Crippen molar-refractivity contribution >= 4 is 29.2 Å². The molecule has 6 nitrogen and oxygen atoms in total. The Morgan fingerprint density at radius 3 is 2.67 bits per heavy atom. The molecule has 0 aliphatic carbocycles. The largest absolute Gasteiger partial charge is 0.465 e. The number of hydrogen-bond acceptors (Lipinski definition) is 3. The standard InChI is InChI=1S/C20H24ClN3O3/c1-14-5-6-18(27-14)13-22-19(25)11-15-7-9-24(10-8-15)20(26)23-17-4-2-3-16(21)12-17/h2-6,12,15H,7-11,13H2,1H3,(H,22,25)(H,23,26). The number of carbonyl (C=O) groups is 2. The molecule has 1 aromatic heterocycles. The summed E-state index contributed by atoms with van der Waals surface area (Å²) >= 11 is 5.94. The van der Waals surface area contributed by atoms with Crippen LogP contribution in [0.15, 0.2) is 40.8 Å². The van der Waals surface area contributed by atoms with E-state index in [2.05, 4.69) is 10.6 Å². The zero-order chi connectivity index (χ0) is 19.2. The molecule has 0 bridgehead atoms. The molecule has 2 aromatic rings. The molecule has 1 aliphatic rings. The maximum Gasteiger partial charge on any atom is 0.321 e. The number of benzene rings is 1. The first-order valence-electron chi connectivity index (χ1n) is 9.13. The van der Waals surface area contributed by atoms with Gasteiger partial charge in [0.15, 0.2) is 0 Å². The first-order chi connectivity index (χ1) is 13.0. The average molecular weight is 390 g/mol. The van der Waals surface area contributed by atoms with Crippen molar-refractivity contribution in [1.29, 1.82) is 0 Å². The lowest BCUT2D eigenvalue weighted by atomic mass is 9.93. The summed E-state index contributed by atoms with van der Waals surface area (Å²) in [4.78, 5) is 26.3. The number of likely N-dealkylation sites (tertiary alicyclic amines) is 1. The first kappa shape index (κ1) is 19.3. The smallest absolute Gasteiger partial charge is 0.321 e. The van der Waals surface area contributed by atoms with E-state index >= 15 is 0 Å². The predicted octanol–water partition coefficient (Wildman–Crippen LogP) is 4.19. The van der Waals surface area contributed by atoms with Crippen molar-refractivity contribution in [3.63, 3.8) is 0 Å². The quantitative estimate of drug-likeness (QED) is 0.805. The molecular formula is C20H24ClN3O3. The van der Waals surface area contributed by atoms with E-state index in [4.69, 9.17) is 16.0 Å². The van der Waals surface area contributed by atoms with Gasteiger partial charge in [-0.3, -0.25) is 4.79 Å². The molecule has 0 radical (unpaired) electrons. The van der Waals surface area contributed by atoms with Gasteiger partial charge in [-0.05, 0) is 56.0 Å². The fourth-order valence-corrected chi connectivity index (χ4v) is 3.40. The number of halogens is 1. The summed E-state index contributed by atoms with van der Waals surface area (Å²) < 4.78 is 5.45. The lowest BCUT2D eigenvalue weighted by molar-refractivity contribution is -0.122. The van der Waals surface area contributed by atoms with E-state index in [0.29, 0.717) is 42.7 Å². The minimum absolute atomic E-state index is 0.0193. The lowest BCUT2D eigenvalue weighted by Crippen LogP contribution is -2.41. The van der Waals surface area contributed by atoms with E-state index in [0.717, 1.165) is 24.4 Å². The van der Waals surface area contributed by atoms with Crippen molar-refractivity contribution < 1.29 is 14.0 Å². The summed E-state index contributed by atoms with van der Waals surface area (Å²) in [5.41, 5.74) is 0.683. The topological polar surface area (TPSA) is 74.6 Å². The Kier molecular flexibility index (Phi) is 6.40. The molecule has 144 valence electrons. The van der Waals surface area contributed by atoms with Gasteiger partial charge in [-0.15, -0.1) is 0 Å². The monoisotopic (exact) mass is 389 g/mol. The number of furan rings is 1. The summed E-state index contributed by atoms with van der Waals surface area (Å²) in [6.45, 7) is 3.57. The van der Waals surface area contributed by atoms with Gasteiger partial charge in [-0.25, -0.2) is 4.79 Å². The molecule has 3 amide bonds. The zero-order valence-electron chi connectivity index (χ0n) is 15.3. The second-order valence-corrected chi connectivity index (χ2v) is 7.30. The van der Waals surface area contributed by atoms with E-state index in [1.807, 2.05) is 19.1 Å².